The highest BCUT2D eigenvalue weighted by Crippen LogP contribution is 2.25. The lowest BCUT2D eigenvalue weighted by molar-refractivity contribution is -0.135. The average molecular weight is 270 g/mol. The third kappa shape index (κ3) is 2.46. The predicted molar refractivity (Wildman–Crippen MR) is 75.8 cm³/mol. The lowest BCUT2D eigenvalue weighted by Crippen LogP contribution is -2.43. The fourth-order valence-electron chi connectivity index (χ4n) is 2.88. The van der Waals surface area contributed by atoms with Gasteiger partial charge in [0.05, 0.1) is 0 Å². The topological polar surface area (TPSA) is 49.4 Å². The molecule has 4 nitrogen and oxygen atoms in total. The fourth-order valence-corrected chi connectivity index (χ4v) is 2.88. The van der Waals surface area contributed by atoms with Gasteiger partial charge in [0.1, 0.15) is 6.04 Å². The maximum absolute atomic E-state index is 12.8. The van der Waals surface area contributed by atoms with E-state index in [9.17, 15) is 9.59 Å². The normalized spacial score (nSPS) is 23.8. The molecule has 1 N–H and O–H groups in total. The maximum atomic E-state index is 12.8. The lowest BCUT2D eigenvalue weighted by atomic mass is 10.0. The number of carbonyl (C=O) groups excluding carboxylic acids is 2. The van der Waals surface area contributed by atoms with Crippen molar-refractivity contribution in [2.45, 2.75) is 31.3 Å². The van der Waals surface area contributed by atoms with Crippen LogP contribution in [0.25, 0.3) is 0 Å². The van der Waals surface area contributed by atoms with Crippen LogP contribution in [-0.2, 0) is 9.59 Å². The first-order valence-corrected chi connectivity index (χ1v) is 7.05. The molecule has 1 aliphatic carbocycles. The molecule has 1 atom stereocenters. The first kappa shape index (κ1) is 12.9. The van der Waals surface area contributed by atoms with Gasteiger partial charge >= 0.3 is 0 Å². The van der Waals surface area contributed by atoms with E-state index in [1.807, 2.05) is 35.2 Å². The minimum absolute atomic E-state index is 0.00995. The van der Waals surface area contributed by atoms with Crippen LogP contribution in [0.15, 0.2) is 42.5 Å². The second-order valence-electron chi connectivity index (χ2n) is 5.29. The van der Waals surface area contributed by atoms with E-state index >= 15 is 0 Å². The number of benzene rings is 1. The summed E-state index contributed by atoms with van der Waals surface area (Å²) in [7, 11) is 0. The Morgan fingerprint density at radius 1 is 1.05 bits per heavy atom. The molecule has 0 spiro atoms. The largest absolute Gasteiger partial charge is 0.340 e. The number of hydrogen-bond donors (Lipinski definition) is 1. The Kier molecular flexibility index (Phi) is 3.54. The van der Waals surface area contributed by atoms with Gasteiger partial charge in [-0.3, -0.25) is 9.59 Å². The van der Waals surface area contributed by atoms with Gasteiger partial charge in [-0.2, -0.15) is 0 Å². The zero-order valence-electron chi connectivity index (χ0n) is 11.3. The van der Waals surface area contributed by atoms with Crippen LogP contribution in [0.3, 0.4) is 0 Å². The van der Waals surface area contributed by atoms with Crippen molar-refractivity contribution in [1.29, 1.82) is 0 Å². The van der Waals surface area contributed by atoms with Crippen molar-refractivity contribution in [1.82, 2.24) is 10.2 Å². The third-order valence-electron chi connectivity index (χ3n) is 3.97. The maximum Gasteiger partial charge on any atom is 0.250 e. The molecule has 4 heteroatoms. The summed E-state index contributed by atoms with van der Waals surface area (Å²) < 4.78 is 0. The van der Waals surface area contributed by atoms with Gasteiger partial charge in [0.25, 0.3) is 0 Å². The molecular weight excluding hydrogens is 252 g/mol. The monoisotopic (exact) mass is 270 g/mol. The Balaban J connectivity index is 1.87. The molecule has 1 heterocycles. The van der Waals surface area contributed by atoms with Crippen LogP contribution in [0.1, 0.15) is 30.9 Å². The van der Waals surface area contributed by atoms with E-state index < -0.39 is 6.04 Å². The average Bonchev–Trinajstić information content (AvgIpc) is 2.95. The standard InChI is InChI=1S/C16H18N2O2/c19-14-10-11-18(13-8-4-5-9-13)16(20)15(17-14)12-6-2-1-3-7-12/h1-7,13,15H,8-11H2,(H,17,19). The minimum atomic E-state index is -0.549. The molecule has 2 amide bonds. The second-order valence-corrected chi connectivity index (χ2v) is 5.29. The number of amides is 2. The van der Waals surface area contributed by atoms with Crippen molar-refractivity contribution < 1.29 is 9.59 Å². The highest BCUT2D eigenvalue weighted by atomic mass is 16.2. The van der Waals surface area contributed by atoms with Crippen LogP contribution in [0.5, 0.6) is 0 Å². The fraction of sp³-hybridized carbons (Fsp3) is 0.375. The van der Waals surface area contributed by atoms with Gasteiger partial charge in [-0.25, -0.2) is 0 Å². The third-order valence-corrected chi connectivity index (χ3v) is 3.97. The molecule has 0 bridgehead atoms. The molecule has 0 radical (unpaired) electrons. The molecule has 0 aromatic heterocycles. The molecule has 1 aromatic rings. The van der Waals surface area contributed by atoms with Crippen LogP contribution < -0.4 is 5.32 Å². The summed E-state index contributed by atoms with van der Waals surface area (Å²) in [5.74, 6) is -0.0450. The first-order chi connectivity index (χ1) is 9.75. The van der Waals surface area contributed by atoms with Crippen molar-refractivity contribution in [3.63, 3.8) is 0 Å². The van der Waals surface area contributed by atoms with Crippen LogP contribution >= 0.6 is 0 Å². The molecule has 2 aliphatic rings. The highest BCUT2D eigenvalue weighted by Gasteiger charge is 2.34. The molecule has 1 saturated heterocycles. The van der Waals surface area contributed by atoms with Crippen molar-refractivity contribution in [2.24, 2.45) is 0 Å². The molecule has 1 aliphatic heterocycles. The van der Waals surface area contributed by atoms with Crippen molar-refractivity contribution in [3.05, 3.63) is 48.0 Å². The summed E-state index contributed by atoms with van der Waals surface area (Å²) in [5, 5.41) is 2.85. The van der Waals surface area contributed by atoms with E-state index in [1.54, 1.807) is 0 Å². The summed E-state index contributed by atoms with van der Waals surface area (Å²) in [4.78, 5) is 26.5. The highest BCUT2D eigenvalue weighted by molar-refractivity contribution is 5.91. The van der Waals surface area contributed by atoms with Gasteiger partial charge in [0, 0.05) is 19.0 Å². The Morgan fingerprint density at radius 2 is 1.75 bits per heavy atom. The summed E-state index contributed by atoms with van der Waals surface area (Å²) in [6, 6.07) is 9.12. The van der Waals surface area contributed by atoms with E-state index in [-0.39, 0.29) is 17.9 Å². The van der Waals surface area contributed by atoms with E-state index in [4.69, 9.17) is 0 Å². The van der Waals surface area contributed by atoms with E-state index in [0.29, 0.717) is 13.0 Å². The number of rotatable bonds is 2. The Labute approximate surface area is 118 Å². The second kappa shape index (κ2) is 5.49. The molecule has 1 unspecified atom stereocenters. The Morgan fingerprint density at radius 3 is 2.45 bits per heavy atom. The SMILES string of the molecule is O=C1CCN(C2CC=CC2)C(=O)C(c2ccccc2)N1. The minimum Gasteiger partial charge on any atom is -0.340 e. The molecule has 20 heavy (non-hydrogen) atoms. The summed E-state index contributed by atoms with van der Waals surface area (Å²) in [6.07, 6.45) is 6.37. The zero-order chi connectivity index (χ0) is 13.9. The molecule has 1 aromatic carbocycles. The predicted octanol–water partition coefficient (Wildman–Crippen LogP) is 1.79. The zero-order valence-corrected chi connectivity index (χ0v) is 11.3. The van der Waals surface area contributed by atoms with Crippen LogP contribution in [0.4, 0.5) is 0 Å². The van der Waals surface area contributed by atoms with Gasteiger partial charge in [0.15, 0.2) is 0 Å². The van der Waals surface area contributed by atoms with Gasteiger partial charge in [-0.05, 0) is 18.4 Å². The number of carbonyl (C=O) groups is 2. The molecule has 0 saturated carbocycles. The number of nitrogens with zero attached hydrogens (tertiary/aromatic N) is 1. The summed E-state index contributed by atoms with van der Waals surface area (Å²) in [6.45, 7) is 0.514. The summed E-state index contributed by atoms with van der Waals surface area (Å²) in [5.41, 5.74) is 0.851. The van der Waals surface area contributed by atoms with E-state index in [1.165, 1.54) is 0 Å². The van der Waals surface area contributed by atoms with E-state index in [2.05, 4.69) is 17.5 Å². The van der Waals surface area contributed by atoms with Crippen LogP contribution in [0, 0.1) is 0 Å². The van der Waals surface area contributed by atoms with Gasteiger partial charge in [-0.1, -0.05) is 42.5 Å². The van der Waals surface area contributed by atoms with E-state index in [0.717, 1.165) is 18.4 Å². The van der Waals surface area contributed by atoms with Crippen molar-refractivity contribution >= 4 is 11.8 Å². The van der Waals surface area contributed by atoms with Gasteiger partial charge in [-0.15, -0.1) is 0 Å². The molecule has 3 rings (SSSR count). The van der Waals surface area contributed by atoms with Crippen LogP contribution in [0.2, 0.25) is 0 Å². The van der Waals surface area contributed by atoms with Crippen molar-refractivity contribution in [2.75, 3.05) is 6.54 Å². The number of hydrogen-bond acceptors (Lipinski definition) is 2. The molecular formula is C16H18N2O2. The summed E-state index contributed by atoms with van der Waals surface area (Å²) >= 11 is 0. The quantitative estimate of drug-likeness (QED) is 0.833. The smallest absolute Gasteiger partial charge is 0.250 e. The Bertz CT molecular complexity index is 531. The number of nitrogens with one attached hydrogen (secondary N) is 1. The molecule has 104 valence electrons. The van der Waals surface area contributed by atoms with Crippen molar-refractivity contribution in [3.8, 4) is 0 Å². The lowest BCUT2D eigenvalue weighted by Gasteiger charge is -2.29. The van der Waals surface area contributed by atoms with Crippen LogP contribution in [-0.4, -0.2) is 29.3 Å². The Hall–Kier alpha value is -2.10. The molecule has 1 fully saturated rings. The van der Waals surface area contributed by atoms with Gasteiger partial charge < -0.3 is 10.2 Å². The van der Waals surface area contributed by atoms with Gasteiger partial charge in [0.2, 0.25) is 11.8 Å². The first-order valence-electron chi connectivity index (χ1n) is 7.05.